The average Bonchev–Trinajstić information content (AvgIpc) is 2.37. The summed E-state index contributed by atoms with van der Waals surface area (Å²) in [6.07, 6.45) is 1.57. The van der Waals surface area contributed by atoms with Crippen LogP contribution >= 0.6 is 0 Å². The molecule has 0 fully saturated rings. The maximum absolute atomic E-state index is 11.9. The van der Waals surface area contributed by atoms with E-state index in [1.165, 1.54) is 0 Å². The molecule has 0 amide bonds. The highest BCUT2D eigenvalue weighted by Crippen LogP contribution is 2.17. The molecule has 1 unspecified atom stereocenters. The normalized spacial score (nSPS) is 13.2. The molecule has 0 radical (unpaired) electrons. The maximum atomic E-state index is 11.9. The quantitative estimate of drug-likeness (QED) is 0.270. The molecule has 108 valence electrons. The average molecular weight is 272 g/mol. The molecule has 0 aromatic carbocycles. The van der Waals surface area contributed by atoms with E-state index >= 15 is 0 Å². The Bertz CT molecular complexity index is 349. The van der Waals surface area contributed by atoms with Crippen molar-refractivity contribution in [2.24, 2.45) is 0 Å². The van der Waals surface area contributed by atoms with Gasteiger partial charge in [0.2, 0.25) is 0 Å². The zero-order valence-corrected chi connectivity index (χ0v) is 11.6. The summed E-state index contributed by atoms with van der Waals surface area (Å²) in [6, 6.07) is 0. The van der Waals surface area contributed by atoms with Gasteiger partial charge in [-0.2, -0.15) is 0 Å². The number of hydrogen-bond acceptors (Lipinski definition) is 6. The first kappa shape index (κ1) is 17.3. The van der Waals surface area contributed by atoms with Gasteiger partial charge >= 0.3 is 11.9 Å². The van der Waals surface area contributed by atoms with E-state index in [0.29, 0.717) is 13.0 Å². The van der Waals surface area contributed by atoms with Crippen molar-refractivity contribution in [3.63, 3.8) is 0 Å². The smallest absolute Gasteiger partial charge is 0.361 e. The van der Waals surface area contributed by atoms with Crippen LogP contribution in [0.15, 0.2) is 12.7 Å². The van der Waals surface area contributed by atoms with Crippen LogP contribution in [0.2, 0.25) is 0 Å². The van der Waals surface area contributed by atoms with E-state index in [9.17, 15) is 14.4 Å². The lowest BCUT2D eigenvalue weighted by Crippen LogP contribution is -2.54. The molecule has 19 heavy (non-hydrogen) atoms. The lowest BCUT2D eigenvalue weighted by atomic mass is 10.0. The zero-order chi connectivity index (χ0) is 14.9. The molecular weight excluding hydrogens is 252 g/mol. The largest absolute Gasteiger partial charge is 0.463 e. The zero-order valence-electron chi connectivity index (χ0n) is 11.6. The highest BCUT2D eigenvalue weighted by Gasteiger charge is 2.49. The third-order valence-corrected chi connectivity index (χ3v) is 2.27. The van der Waals surface area contributed by atoms with Crippen LogP contribution in [0.3, 0.4) is 0 Å². The number of ether oxygens (including phenoxy) is 3. The molecule has 0 N–H and O–H groups in total. The second-order valence-electron chi connectivity index (χ2n) is 3.78. The number of hydrogen-bond donors (Lipinski definition) is 0. The minimum atomic E-state index is -2.06. The van der Waals surface area contributed by atoms with Crippen LogP contribution in [0.5, 0.6) is 0 Å². The summed E-state index contributed by atoms with van der Waals surface area (Å²) in [7, 11) is 0. The van der Waals surface area contributed by atoms with E-state index in [0.717, 1.165) is 13.0 Å². The second kappa shape index (κ2) is 8.42. The summed E-state index contributed by atoms with van der Waals surface area (Å²) >= 11 is 0. The Balaban J connectivity index is 5.21. The highest BCUT2D eigenvalue weighted by atomic mass is 16.6. The lowest BCUT2D eigenvalue weighted by Gasteiger charge is -2.27. The van der Waals surface area contributed by atoms with Crippen molar-refractivity contribution in [2.75, 3.05) is 19.8 Å². The molecule has 0 saturated carbocycles. The standard InChI is InChI=1S/C13H20O6/c1-5-8-17-9-13(10(4)14,12(16)18-7-3)19-11(15)6-2/h6H,2,5,7-9H2,1,3-4H3. The van der Waals surface area contributed by atoms with Crippen molar-refractivity contribution in [3.05, 3.63) is 12.7 Å². The molecule has 0 aromatic heterocycles. The number of esters is 2. The Hall–Kier alpha value is -1.69. The van der Waals surface area contributed by atoms with E-state index in [2.05, 4.69) is 6.58 Å². The van der Waals surface area contributed by atoms with Crippen molar-refractivity contribution >= 4 is 17.7 Å². The van der Waals surface area contributed by atoms with Crippen LogP contribution in [0.25, 0.3) is 0 Å². The summed E-state index contributed by atoms with van der Waals surface area (Å²) in [5.74, 6) is -2.48. The summed E-state index contributed by atoms with van der Waals surface area (Å²) in [6.45, 7) is 7.86. The van der Waals surface area contributed by atoms with Gasteiger partial charge in [0.1, 0.15) is 6.61 Å². The molecule has 0 aliphatic carbocycles. The van der Waals surface area contributed by atoms with E-state index < -0.39 is 23.3 Å². The minimum absolute atomic E-state index is 0.0628. The van der Waals surface area contributed by atoms with Crippen LogP contribution in [0, 0.1) is 0 Å². The Morgan fingerprint density at radius 3 is 2.32 bits per heavy atom. The fraction of sp³-hybridized carbons (Fsp3) is 0.615. The number of ketones is 1. The van der Waals surface area contributed by atoms with Crippen LogP contribution in [-0.4, -0.2) is 43.1 Å². The van der Waals surface area contributed by atoms with Gasteiger partial charge in [-0.25, -0.2) is 9.59 Å². The van der Waals surface area contributed by atoms with Crippen molar-refractivity contribution in [3.8, 4) is 0 Å². The van der Waals surface area contributed by atoms with Gasteiger partial charge in [-0.05, 0) is 20.3 Å². The van der Waals surface area contributed by atoms with Crippen molar-refractivity contribution < 1.29 is 28.6 Å². The van der Waals surface area contributed by atoms with Crippen molar-refractivity contribution in [2.45, 2.75) is 32.8 Å². The number of rotatable bonds is 9. The SMILES string of the molecule is C=CC(=O)OC(COCCC)(C(C)=O)C(=O)OCC. The first-order chi connectivity index (χ1) is 8.94. The molecule has 0 aromatic rings. The van der Waals surface area contributed by atoms with E-state index in [1.807, 2.05) is 6.92 Å². The summed E-state index contributed by atoms with van der Waals surface area (Å²) in [5.41, 5.74) is -2.06. The lowest BCUT2D eigenvalue weighted by molar-refractivity contribution is -0.189. The second-order valence-corrected chi connectivity index (χ2v) is 3.78. The molecule has 0 aliphatic rings. The topological polar surface area (TPSA) is 78.9 Å². The van der Waals surface area contributed by atoms with Crippen molar-refractivity contribution in [1.29, 1.82) is 0 Å². The Morgan fingerprint density at radius 1 is 1.26 bits per heavy atom. The first-order valence-electron chi connectivity index (χ1n) is 6.06. The third-order valence-electron chi connectivity index (χ3n) is 2.27. The fourth-order valence-electron chi connectivity index (χ4n) is 1.27. The molecule has 0 bridgehead atoms. The Kier molecular flexibility index (Phi) is 7.67. The molecular formula is C13H20O6. The van der Waals surface area contributed by atoms with Crippen LogP contribution in [0.4, 0.5) is 0 Å². The predicted octanol–water partition coefficient (Wildman–Crippen LogP) is 1.03. The third kappa shape index (κ3) is 4.82. The van der Waals surface area contributed by atoms with Gasteiger partial charge in [-0.1, -0.05) is 13.5 Å². The molecule has 0 spiro atoms. The van der Waals surface area contributed by atoms with Gasteiger partial charge in [-0.15, -0.1) is 0 Å². The molecule has 1 atom stereocenters. The number of carbonyl (C=O) groups is 3. The van der Waals surface area contributed by atoms with E-state index in [4.69, 9.17) is 14.2 Å². The molecule has 0 aliphatic heterocycles. The van der Waals surface area contributed by atoms with Gasteiger partial charge < -0.3 is 14.2 Å². The van der Waals surface area contributed by atoms with Gasteiger partial charge in [-0.3, -0.25) is 4.79 Å². The molecule has 6 nitrogen and oxygen atoms in total. The molecule has 6 heteroatoms. The van der Waals surface area contributed by atoms with Crippen LogP contribution in [-0.2, 0) is 28.6 Å². The number of carbonyl (C=O) groups excluding carboxylic acids is 3. The molecule has 0 heterocycles. The maximum Gasteiger partial charge on any atom is 0.361 e. The first-order valence-corrected chi connectivity index (χ1v) is 6.06. The van der Waals surface area contributed by atoms with E-state index in [-0.39, 0.29) is 13.2 Å². The fourth-order valence-corrected chi connectivity index (χ4v) is 1.27. The summed E-state index contributed by atoms with van der Waals surface area (Å²) in [5, 5.41) is 0. The van der Waals surface area contributed by atoms with Gasteiger partial charge in [0.15, 0.2) is 5.78 Å². The molecule has 0 rings (SSSR count). The van der Waals surface area contributed by atoms with Crippen LogP contribution < -0.4 is 0 Å². The predicted molar refractivity (Wildman–Crippen MR) is 67.4 cm³/mol. The van der Waals surface area contributed by atoms with E-state index in [1.54, 1.807) is 6.92 Å². The summed E-state index contributed by atoms with van der Waals surface area (Å²) < 4.78 is 14.9. The van der Waals surface area contributed by atoms with Gasteiger partial charge in [0.25, 0.3) is 5.60 Å². The van der Waals surface area contributed by atoms with Gasteiger partial charge in [0.05, 0.1) is 6.61 Å². The summed E-state index contributed by atoms with van der Waals surface area (Å²) in [4.78, 5) is 35.0. The van der Waals surface area contributed by atoms with Gasteiger partial charge in [0, 0.05) is 12.7 Å². The molecule has 0 saturated heterocycles. The monoisotopic (exact) mass is 272 g/mol. The highest BCUT2D eigenvalue weighted by molar-refractivity contribution is 6.08. The van der Waals surface area contributed by atoms with Crippen molar-refractivity contribution in [1.82, 2.24) is 0 Å². The minimum Gasteiger partial charge on any atom is -0.463 e. The van der Waals surface area contributed by atoms with Crippen LogP contribution in [0.1, 0.15) is 27.2 Å². The Labute approximate surface area is 112 Å². The number of Topliss-reactive ketones (excluding diaryl/α,β-unsaturated/α-hetero) is 1. The Morgan fingerprint density at radius 2 is 1.89 bits per heavy atom.